The summed E-state index contributed by atoms with van der Waals surface area (Å²) in [5.74, 6) is 2.63. The van der Waals surface area contributed by atoms with E-state index in [-0.39, 0.29) is 11.9 Å². The van der Waals surface area contributed by atoms with Crippen molar-refractivity contribution in [3.05, 3.63) is 97.1 Å². The maximum absolute atomic E-state index is 13.2. The van der Waals surface area contributed by atoms with Gasteiger partial charge in [0.25, 0.3) is 5.91 Å². The lowest BCUT2D eigenvalue weighted by molar-refractivity contribution is 0.0884. The van der Waals surface area contributed by atoms with Gasteiger partial charge >= 0.3 is 0 Å². The van der Waals surface area contributed by atoms with E-state index < -0.39 is 0 Å². The van der Waals surface area contributed by atoms with E-state index in [9.17, 15) is 4.79 Å². The molecule has 0 spiro atoms. The fourth-order valence-electron chi connectivity index (χ4n) is 4.87. The summed E-state index contributed by atoms with van der Waals surface area (Å²) in [4.78, 5) is 17.5. The summed E-state index contributed by atoms with van der Waals surface area (Å²) in [6.07, 6.45) is 6.78. The molecule has 1 aromatic heterocycles. The first-order chi connectivity index (χ1) is 17.1. The molecule has 0 radical (unpaired) electrons. The van der Waals surface area contributed by atoms with Crippen LogP contribution < -0.4 is 10.1 Å². The normalized spacial score (nSPS) is 19.8. The quantitative estimate of drug-likeness (QED) is 0.337. The van der Waals surface area contributed by atoms with Crippen molar-refractivity contribution < 1.29 is 9.53 Å². The lowest BCUT2D eigenvalue weighted by Crippen LogP contribution is -2.44. The number of para-hydroxylation sites is 1. The van der Waals surface area contributed by atoms with Crippen molar-refractivity contribution in [2.24, 2.45) is 11.8 Å². The van der Waals surface area contributed by atoms with Crippen LogP contribution in [0.15, 0.2) is 91.4 Å². The predicted molar refractivity (Wildman–Crippen MR) is 139 cm³/mol. The van der Waals surface area contributed by atoms with Crippen molar-refractivity contribution in [3.63, 3.8) is 0 Å². The van der Waals surface area contributed by atoms with Crippen LogP contribution in [0.1, 0.15) is 43.6 Å². The third-order valence-corrected chi connectivity index (χ3v) is 7.19. The van der Waals surface area contributed by atoms with Crippen LogP contribution in [-0.2, 0) is 0 Å². The van der Waals surface area contributed by atoms with Gasteiger partial charge in [0.05, 0.1) is 12.5 Å². The molecule has 178 valence electrons. The number of nitrogens with zero attached hydrogens (tertiary/aromatic N) is 2. The Labute approximate surface area is 206 Å². The zero-order valence-corrected chi connectivity index (χ0v) is 20.2. The van der Waals surface area contributed by atoms with Gasteiger partial charge in [-0.3, -0.25) is 9.36 Å². The number of aromatic nitrogens is 2. The molecule has 0 saturated heterocycles. The molecule has 1 aliphatic rings. The maximum Gasteiger partial charge on any atom is 0.270 e. The number of carbonyl (C=O) groups excluding carboxylic acids is 1. The summed E-state index contributed by atoms with van der Waals surface area (Å²) in [6.45, 7) is 4.52. The van der Waals surface area contributed by atoms with Gasteiger partial charge in [0.15, 0.2) is 0 Å². The number of hydrogen-bond donors (Lipinski definition) is 1. The van der Waals surface area contributed by atoms with Crippen molar-refractivity contribution in [3.8, 4) is 28.3 Å². The van der Waals surface area contributed by atoms with Crippen LogP contribution in [0.2, 0.25) is 0 Å². The number of rotatable bonds is 6. The van der Waals surface area contributed by atoms with E-state index in [0.717, 1.165) is 41.2 Å². The Morgan fingerprint density at radius 3 is 2.49 bits per heavy atom. The van der Waals surface area contributed by atoms with E-state index in [1.165, 1.54) is 6.42 Å². The van der Waals surface area contributed by atoms with Crippen LogP contribution in [0.4, 0.5) is 0 Å². The minimum atomic E-state index is -0.0683. The van der Waals surface area contributed by atoms with Gasteiger partial charge in [-0.25, -0.2) is 4.98 Å². The third kappa shape index (κ3) is 5.14. The molecule has 1 fully saturated rings. The number of ether oxygens (including phenoxy) is 1. The molecule has 0 unspecified atom stereocenters. The third-order valence-electron chi connectivity index (χ3n) is 7.19. The predicted octanol–water partition coefficient (Wildman–Crippen LogP) is 6.89. The Bertz CT molecular complexity index is 1280. The van der Waals surface area contributed by atoms with Crippen LogP contribution in [0.5, 0.6) is 11.5 Å². The van der Waals surface area contributed by atoms with Gasteiger partial charge in [-0.1, -0.05) is 69.2 Å². The zero-order valence-electron chi connectivity index (χ0n) is 20.2. The Morgan fingerprint density at radius 1 is 0.914 bits per heavy atom. The van der Waals surface area contributed by atoms with Crippen molar-refractivity contribution in [1.29, 1.82) is 0 Å². The Hall–Kier alpha value is -3.86. The zero-order chi connectivity index (χ0) is 24.2. The second kappa shape index (κ2) is 10.2. The van der Waals surface area contributed by atoms with E-state index in [4.69, 9.17) is 4.74 Å². The van der Waals surface area contributed by atoms with E-state index in [1.54, 1.807) is 12.5 Å². The first-order valence-electron chi connectivity index (χ1n) is 12.4. The smallest absolute Gasteiger partial charge is 0.270 e. The highest BCUT2D eigenvalue weighted by molar-refractivity contribution is 5.93. The highest BCUT2D eigenvalue weighted by Crippen LogP contribution is 2.30. The van der Waals surface area contributed by atoms with Crippen molar-refractivity contribution in [1.82, 2.24) is 14.9 Å². The average molecular weight is 466 g/mol. The second-order valence-electron chi connectivity index (χ2n) is 9.49. The Morgan fingerprint density at radius 2 is 1.69 bits per heavy atom. The van der Waals surface area contributed by atoms with E-state index in [1.807, 2.05) is 71.3 Å². The standard InChI is InChI=1S/C30H31N3O2/c1-21-8-6-13-28(22(21)2)32-30(34)29-19-31-20-33(29)25-10-7-9-24(18-25)23-14-16-27(17-15-23)35-26-11-4-3-5-12-26/h3-5,7,9-12,14-22,28H,6,8,13H2,1-2H3,(H,32,34)/t21-,22+,28+/m1/s1. The minimum Gasteiger partial charge on any atom is -0.457 e. The number of amides is 1. The molecule has 35 heavy (non-hydrogen) atoms. The number of hydrogen-bond acceptors (Lipinski definition) is 3. The average Bonchev–Trinajstić information content (AvgIpc) is 3.38. The van der Waals surface area contributed by atoms with Gasteiger partial charge in [-0.15, -0.1) is 0 Å². The van der Waals surface area contributed by atoms with Crippen LogP contribution in [-0.4, -0.2) is 21.5 Å². The highest BCUT2D eigenvalue weighted by Gasteiger charge is 2.29. The molecule has 3 atom stereocenters. The molecule has 5 rings (SSSR count). The second-order valence-corrected chi connectivity index (χ2v) is 9.49. The SMILES string of the molecule is C[C@H]1[C@H](C)CCC[C@@H]1NC(=O)c1cncn1-c1cccc(-c2ccc(Oc3ccccc3)cc2)c1. The summed E-state index contributed by atoms with van der Waals surface area (Å²) in [6, 6.07) is 26.1. The van der Waals surface area contributed by atoms with Crippen molar-refractivity contribution in [2.45, 2.75) is 39.2 Å². The largest absolute Gasteiger partial charge is 0.457 e. The number of imidazole rings is 1. The molecule has 5 heteroatoms. The fraction of sp³-hybridized carbons (Fsp3) is 0.267. The summed E-state index contributed by atoms with van der Waals surface area (Å²) in [7, 11) is 0. The minimum absolute atomic E-state index is 0.0683. The molecule has 0 bridgehead atoms. The van der Waals surface area contributed by atoms with Crippen molar-refractivity contribution in [2.75, 3.05) is 0 Å². The first-order valence-corrected chi connectivity index (χ1v) is 12.4. The molecular weight excluding hydrogens is 434 g/mol. The molecule has 0 aliphatic heterocycles. The Kier molecular flexibility index (Phi) is 6.66. The molecule has 1 heterocycles. The van der Waals surface area contributed by atoms with Gasteiger partial charge in [-0.05, 0) is 65.8 Å². The molecule has 1 aliphatic carbocycles. The highest BCUT2D eigenvalue weighted by atomic mass is 16.5. The lowest BCUT2D eigenvalue weighted by atomic mass is 9.78. The van der Waals surface area contributed by atoms with Gasteiger partial charge in [0, 0.05) is 11.7 Å². The van der Waals surface area contributed by atoms with Crippen molar-refractivity contribution >= 4 is 5.91 Å². The van der Waals surface area contributed by atoms with Crippen LogP contribution in [0.3, 0.4) is 0 Å². The summed E-state index contributed by atoms with van der Waals surface area (Å²) in [5.41, 5.74) is 3.59. The van der Waals surface area contributed by atoms with Gasteiger partial charge in [-0.2, -0.15) is 0 Å². The molecule has 1 N–H and O–H groups in total. The van der Waals surface area contributed by atoms with Gasteiger partial charge < -0.3 is 10.1 Å². The molecule has 4 aromatic rings. The molecule has 5 nitrogen and oxygen atoms in total. The first kappa shape index (κ1) is 22.9. The molecule has 1 amide bonds. The van der Waals surface area contributed by atoms with E-state index >= 15 is 0 Å². The van der Waals surface area contributed by atoms with Crippen LogP contribution in [0.25, 0.3) is 16.8 Å². The van der Waals surface area contributed by atoms with Gasteiger partial charge in [0.2, 0.25) is 0 Å². The van der Waals surface area contributed by atoms with Crippen LogP contribution in [0, 0.1) is 11.8 Å². The molecule has 1 saturated carbocycles. The summed E-state index contributed by atoms with van der Waals surface area (Å²) >= 11 is 0. The number of nitrogens with one attached hydrogen (secondary N) is 1. The lowest BCUT2D eigenvalue weighted by Gasteiger charge is -2.34. The topological polar surface area (TPSA) is 56.2 Å². The molecular formula is C30H31N3O2. The maximum atomic E-state index is 13.2. The molecule has 3 aromatic carbocycles. The number of carbonyl (C=O) groups is 1. The monoisotopic (exact) mass is 465 g/mol. The summed E-state index contributed by atoms with van der Waals surface area (Å²) < 4.78 is 7.78. The Balaban J connectivity index is 1.33. The van der Waals surface area contributed by atoms with E-state index in [2.05, 4.69) is 36.3 Å². The van der Waals surface area contributed by atoms with E-state index in [0.29, 0.717) is 17.5 Å². The summed E-state index contributed by atoms with van der Waals surface area (Å²) in [5, 5.41) is 3.27. The van der Waals surface area contributed by atoms with Crippen LogP contribution >= 0.6 is 0 Å². The number of benzene rings is 3. The fourth-order valence-corrected chi connectivity index (χ4v) is 4.87. The van der Waals surface area contributed by atoms with Gasteiger partial charge in [0.1, 0.15) is 17.2 Å².